The molecule has 2 rings (SSSR count). The number of hydrogen-bond donors (Lipinski definition) is 0. The van der Waals surface area contributed by atoms with Crippen LogP contribution >= 0.6 is 22.9 Å². The van der Waals surface area contributed by atoms with Gasteiger partial charge < -0.3 is 4.74 Å². The summed E-state index contributed by atoms with van der Waals surface area (Å²) in [5.41, 5.74) is 0.177. The largest absolute Gasteiger partial charge is 0.465 e. The molecule has 0 amide bonds. The van der Waals surface area contributed by atoms with Gasteiger partial charge in [0.2, 0.25) is 10.0 Å². The smallest absolute Gasteiger partial charge is 0.337 e. The van der Waals surface area contributed by atoms with Gasteiger partial charge in [-0.1, -0.05) is 23.7 Å². The third-order valence-corrected chi connectivity index (χ3v) is 6.21. The summed E-state index contributed by atoms with van der Waals surface area (Å²) < 4.78 is 32.3. The highest BCUT2D eigenvalue weighted by atomic mass is 35.5. The minimum Gasteiger partial charge on any atom is -0.465 e. The van der Waals surface area contributed by atoms with E-state index in [1.54, 1.807) is 12.1 Å². The number of hydrogen-bond acceptors (Lipinski definition) is 5. The first-order valence-electron chi connectivity index (χ1n) is 6.92. The Kier molecular flexibility index (Phi) is 6.17. The second-order valence-corrected chi connectivity index (χ2v) is 8.55. The number of rotatable bonds is 7. The van der Waals surface area contributed by atoms with Gasteiger partial charge in [-0.15, -0.1) is 17.9 Å². The fraction of sp³-hybridized carbons (Fsp3) is 0.188. The van der Waals surface area contributed by atoms with Gasteiger partial charge in [-0.2, -0.15) is 4.31 Å². The summed E-state index contributed by atoms with van der Waals surface area (Å²) >= 11 is 7.22. The number of methoxy groups -OCH3 is 1. The first-order chi connectivity index (χ1) is 11.4. The number of esters is 1. The molecular formula is C16H16ClNO4S2. The lowest BCUT2D eigenvalue weighted by Crippen LogP contribution is -2.30. The van der Waals surface area contributed by atoms with E-state index in [1.807, 2.05) is 0 Å². The summed E-state index contributed by atoms with van der Waals surface area (Å²) in [7, 11) is -2.55. The van der Waals surface area contributed by atoms with Crippen molar-refractivity contribution in [1.82, 2.24) is 4.31 Å². The monoisotopic (exact) mass is 385 g/mol. The molecule has 1 aromatic heterocycles. The molecular weight excluding hydrogens is 370 g/mol. The van der Waals surface area contributed by atoms with Gasteiger partial charge in [0.15, 0.2) is 0 Å². The van der Waals surface area contributed by atoms with Crippen molar-refractivity contribution in [3.05, 3.63) is 63.8 Å². The zero-order valence-corrected chi connectivity index (χ0v) is 15.3. The van der Waals surface area contributed by atoms with Crippen LogP contribution in [0.3, 0.4) is 0 Å². The van der Waals surface area contributed by atoms with Gasteiger partial charge in [0, 0.05) is 18.0 Å². The van der Waals surface area contributed by atoms with E-state index in [2.05, 4.69) is 11.3 Å². The highest BCUT2D eigenvalue weighted by Crippen LogP contribution is 2.25. The maximum absolute atomic E-state index is 12.9. The van der Waals surface area contributed by atoms with Crippen LogP contribution in [-0.4, -0.2) is 32.3 Å². The maximum atomic E-state index is 12.9. The van der Waals surface area contributed by atoms with Crippen LogP contribution in [0.15, 0.2) is 53.9 Å². The molecule has 0 fully saturated rings. The van der Waals surface area contributed by atoms with Crippen molar-refractivity contribution in [3.8, 4) is 0 Å². The van der Waals surface area contributed by atoms with E-state index < -0.39 is 16.0 Å². The van der Waals surface area contributed by atoms with E-state index in [4.69, 9.17) is 11.6 Å². The molecule has 5 nitrogen and oxygen atoms in total. The van der Waals surface area contributed by atoms with Gasteiger partial charge in [0.1, 0.15) is 0 Å². The summed E-state index contributed by atoms with van der Waals surface area (Å²) in [4.78, 5) is 12.5. The Morgan fingerprint density at radius 3 is 2.71 bits per heavy atom. The van der Waals surface area contributed by atoms with Crippen molar-refractivity contribution in [2.75, 3.05) is 13.7 Å². The van der Waals surface area contributed by atoms with Gasteiger partial charge in [-0.25, -0.2) is 13.2 Å². The topological polar surface area (TPSA) is 63.7 Å². The Bertz CT molecular complexity index is 845. The van der Waals surface area contributed by atoms with Crippen molar-refractivity contribution < 1.29 is 17.9 Å². The number of ether oxygens (including phenoxy) is 1. The lowest BCUT2D eigenvalue weighted by atomic mass is 10.2. The normalized spacial score (nSPS) is 11.5. The molecule has 0 saturated carbocycles. The highest BCUT2D eigenvalue weighted by molar-refractivity contribution is 7.89. The van der Waals surface area contributed by atoms with Gasteiger partial charge >= 0.3 is 5.97 Å². The summed E-state index contributed by atoms with van der Waals surface area (Å²) in [5.74, 6) is -0.590. The molecule has 24 heavy (non-hydrogen) atoms. The van der Waals surface area contributed by atoms with Crippen molar-refractivity contribution in [1.29, 1.82) is 0 Å². The van der Waals surface area contributed by atoms with Crippen LogP contribution in [0.25, 0.3) is 0 Å². The van der Waals surface area contributed by atoms with Crippen LogP contribution < -0.4 is 0 Å². The van der Waals surface area contributed by atoms with Gasteiger partial charge in [0.25, 0.3) is 0 Å². The number of benzene rings is 1. The molecule has 0 bridgehead atoms. The molecule has 0 aliphatic rings. The second-order valence-electron chi connectivity index (χ2n) is 4.81. The quantitative estimate of drug-likeness (QED) is 0.540. The molecule has 1 aromatic carbocycles. The third-order valence-electron chi connectivity index (χ3n) is 3.19. The van der Waals surface area contributed by atoms with E-state index in [0.29, 0.717) is 4.34 Å². The fourth-order valence-electron chi connectivity index (χ4n) is 2.05. The number of nitrogens with zero attached hydrogens (tertiary/aromatic N) is 1. The summed E-state index contributed by atoms with van der Waals surface area (Å²) in [6.45, 7) is 3.92. The van der Waals surface area contributed by atoms with Crippen LogP contribution in [0.5, 0.6) is 0 Å². The van der Waals surface area contributed by atoms with Gasteiger partial charge in [-0.3, -0.25) is 0 Å². The number of halogens is 1. The Balaban J connectivity index is 2.37. The number of carbonyl (C=O) groups excluding carboxylic acids is 1. The van der Waals surface area contributed by atoms with Crippen LogP contribution in [0.4, 0.5) is 0 Å². The van der Waals surface area contributed by atoms with E-state index in [-0.39, 0.29) is 23.5 Å². The molecule has 1 heterocycles. The predicted octanol–water partition coefficient (Wildman–Crippen LogP) is 3.57. The Morgan fingerprint density at radius 2 is 2.12 bits per heavy atom. The summed E-state index contributed by atoms with van der Waals surface area (Å²) in [5, 5.41) is 0. The van der Waals surface area contributed by atoms with E-state index in [0.717, 1.165) is 4.88 Å². The molecule has 0 unspecified atom stereocenters. The Labute approximate surface area is 150 Å². The van der Waals surface area contributed by atoms with E-state index in [1.165, 1.54) is 53.1 Å². The minimum atomic E-state index is -3.80. The lowest BCUT2D eigenvalue weighted by molar-refractivity contribution is 0.0600. The SMILES string of the molecule is C=CCN(Cc1ccc(Cl)s1)S(=O)(=O)c1cccc(C(=O)OC)c1. The Hall–Kier alpha value is -1.67. The standard InChI is InChI=1S/C16H16ClNO4S2/c1-3-9-18(11-13-7-8-15(17)23-13)24(20,21)14-6-4-5-12(10-14)16(19)22-2/h3-8,10H,1,9,11H2,2H3. The first-order valence-corrected chi connectivity index (χ1v) is 9.55. The molecule has 128 valence electrons. The average Bonchev–Trinajstić information content (AvgIpc) is 2.99. The Morgan fingerprint density at radius 1 is 1.38 bits per heavy atom. The second kappa shape index (κ2) is 7.94. The van der Waals surface area contributed by atoms with Crippen LogP contribution in [0.2, 0.25) is 4.34 Å². The predicted molar refractivity (Wildman–Crippen MR) is 94.9 cm³/mol. The van der Waals surface area contributed by atoms with Gasteiger partial charge in [0.05, 0.1) is 21.9 Å². The molecule has 2 aromatic rings. The number of sulfonamides is 1. The number of carbonyl (C=O) groups is 1. The molecule has 0 aliphatic carbocycles. The van der Waals surface area contributed by atoms with E-state index in [9.17, 15) is 13.2 Å². The molecule has 0 spiro atoms. The van der Waals surface area contributed by atoms with Crippen LogP contribution in [-0.2, 0) is 21.3 Å². The number of thiophene rings is 1. The molecule has 0 radical (unpaired) electrons. The zero-order chi connectivity index (χ0) is 17.7. The third kappa shape index (κ3) is 4.24. The van der Waals surface area contributed by atoms with Crippen molar-refractivity contribution in [2.24, 2.45) is 0 Å². The van der Waals surface area contributed by atoms with Crippen LogP contribution in [0.1, 0.15) is 15.2 Å². The molecule has 0 aliphatic heterocycles. The zero-order valence-electron chi connectivity index (χ0n) is 12.9. The van der Waals surface area contributed by atoms with Crippen molar-refractivity contribution in [3.63, 3.8) is 0 Å². The summed E-state index contributed by atoms with van der Waals surface area (Å²) in [6.07, 6.45) is 1.51. The molecule has 0 saturated heterocycles. The van der Waals surface area contributed by atoms with Crippen molar-refractivity contribution in [2.45, 2.75) is 11.4 Å². The van der Waals surface area contributed by atoms with Gasteiger partial charge in [-0.05, 0) is 30.3 Å². The molecule has 8 heteroatoms. The highest BCUT2D eigenvalue weighted by Gasteiger charge is 2.25. The average molecular weight is 386 g/mol. The lowest BCUT2D eigenvalue weighted by Gasteiger charge is -2.20. The maximum Gasteiger partial charge on any atom is 0.337 e. The molecule has 0 N–H and O–H groups in total. The summed E-state index contributed by atoms with van der Waals surface area (Å²) in [6, 6.07) is 9.26. The fourth-order valence-corrected chi connectivity index (χ4v) is 4.67. The minimum absolute atomic E-state index is 0.0231. The van der Waals surface area contributed by atoms with Crippen LogP contribution in [0, 0.1) is 0 Å². The first kappa shape index (κ1) is 18.7. The molecule has 0 atom stereocenters. The van der Waals surface area contributed by atoms with E-state index >= 15 is 0 Å². The van der Waals surface area contributed by atoms with Crippen molar-refractivity contribution >= 4 is 38.9 Å².